The van der Waals surface area contributed by atoms with Gasteiger partial charge in [0.25, 0.3) is 0 Å². The van der Waals surface area contributed by atoms with Crippen molar-refractivity contribution in [2.75, 3.05) is 11.9 Å². The second-order valence-electron chi connectivity index (χ2n) is 2.81. The molecule has 2 N–H and O–H groups in total. The summed E-state index contributed by atoms with van der Waals surface area (Å²) >= 11 is 1.16. The minimum Gasteiger partial charge on any atom is -0.348 e. The number of hydrogen-bond acceptors (Lipinski definition) is 5. The van der Waals surface area contributed by atoms with Gasteiger partial charge in [0.1, 0.15) is 5.51 Å². The van der Waals surface area contributed by atoms with Gasteiger partial charge in [-0.3, -0.25) is 14.9 Å². The van der Waals surface area contributed by atoms with Crippen LogP contribution in [-0.4, -0.2) is 28.6 Å². The molecule has 0 fully saturated rings. The minimum absolute atomic E-state index is 0.325. The van der Waals surface area contributed by atoms with Crippen molar-refractivity contribution >= 4 is 28.3 Å². The van der Waals surface area contributed by atoms with Crippen LogP contribution in [0.15, 0.2) is 5.51 Å². The van der Waals surface area contributed by atoms with Crippen molar-refractivity contribution in [1.29, 1.82) is 0 Å². The molecule has 0 aliphatic carbocycles. The van der Waals surface area contributed by atoms with Crippen LogP contribution >= 0.6 is 11.3 Å². The molecule has 0 saturated heterocycles. The molecule has 0 aromatic carbocycles. The van der Waals surface area contributed by atoms with Crippen LogP contribution in [0, 0.1) is 0 Å². The van der Waals surface area contributed by atoms with Crippen LogP contribution in [0.4, 0.5) is 5.13 Å². The standard InChI is InChI=1S/C8H12N4O2S/c1-2-3-4-9-6(13)7(14)11-8-12-10-5-15-8/h5H,2-4H2,1H3,(H,9,13)(H,11,12,14). The van der Waals surface area contributed by atoms with E-state index >= 15 is 0 Å². The van der Waals surface area contributed by atoms with Crippen molar-refractivity contribution in [3.63, 3.8) is 0 Å². The Balaban J connectivity index is 2.30. The van der Waals surface area contributed by atoms with Crippen molar-refractivity contribution in [2.24, 2.45) is 0 Å². The second kappa shape index (κ2) is 6.07. The molecule has 0 radical (unpaired) electrons. The average molecular weight is 228 g/mol. The van der Waals surface area contributed by atoms with Gasteiger partial charge in [-0.2, -0.15) is 0 Å². The number of carbonyl (C=O) groups is 2. The van der Waals surface area contributed by atoms with Gasteiger partial charge in [-0.25, -0.2) is 0 Å². The zero-order chi connectivity index (χ0) is 11.1. The van der Waals surface area contributed by atoms with E-state index in [-0.39, 0.29) is 0 Å². The van der Waals surface area contributed by atoms with E-state index in [4.69, 9.17) is 0 Å². The molecular formula is C8H12N4O2S. The third kappa shape index (κ3) is 4.03. The number of aromatic nitrogens is 2. The number of hydrogen-bond donors (Lipinski definition) is 2. The lowest BCUT2D eigenvalue weighted by molar-refractivity contribution is -0.136. The summed E-state index contributed by atoms with van der Waals surface area (Å²) in [4.78, 5) is 22.4. The van der Waals surface area contributed by atoms with Gasteiger partial charge in [-0.05, 0) is 6.42 Å². The Morgan fingerprint density at radius 1 is 1.47 bits per heavy atom. The first-order chi connectivity index (χ1) is 7.24. The number of unbranched alkanes of at least 4 members (excludes halogenated alkanes) is 1. The Kier molecular flexibility index (Phi) is 4.69. The lowest BCUT2D eigenvalue weighted by Gasteiger charge is -2.02. The summed E-state index contributed by atoms with van der Waals surface area (Å²) in [6.07, 6.45) is 1.83. The summed E-state index contributed by atoms with van der Waals surface area (Å²) in [6, 6.07) is 0. The van der Waals surface area contributed by atoms with Crippen molar-refractivity contribution in [1.82, 2.24) is 15.5 Å². The fourth-order valence-corrected chi connectivity index (χ4v) is 1.28. The summed E-state index contributed by atoms with van der Waals surface area (Å²) in [6.45, 7) is 2.52. The van der Waals surface area contributed by atoms with E-state index in [1.54, 1.807) is 0 Å². The molecule has 0 spiro atoms. The van der Waals surface area contributed by atoms with Gasteiger partial charge in [-0.15, -0.1) is 10.2 Å². The zero-order valence-corrected chi connectivity index (χ0v) is 9.13. The molecule has 0 saturated carbocycles. The Hall–Kier alpha value is -1.50. The third-order valence-corrected chi connectivity index (χ3v) is 2.21. The van der Waals surface area contributed by atoms with Crippen LogP contribution in [-0.2, 0) is 9.59 Å². The number of amides is 2. The molecule has 1 aromatic heterocycles. The highest BCUT2D eigenvalue weighted by atomic mass is 32.1. The Morgan fingerprint density at radius 3 is 2.87 bits per heavy atom. The monoisotopic (exact) mass is 228 g/mol. The van der Waals surface area contributed by atoms with E-state index in [0.29, 0.717) is 11.7 Å². The summed E-state index contributed by atoms with van der Waals surface area (Å²) in [5, 5.41) is 12.3. The molecule has 2 amide bonds. The quantitative estimate of drug-likeness (QED) is 0.577. The van der Waals surface area contributed by atoms with E-state index in [1.807, 2.05) is 6.92 Å². The van der Waals surface area contributed by atoms with Crippen LogP contribution in [0.5, 0.6) is 0 Å². The number of anilines is 1. The topological polar surface area (TPSA) is 84.0 Å². The summed E-state index contributed by atoms with van der Waals surface area (Å²) in [7, 11) is 0. The highest BCUT2D eigenvalue weighted by Crippen LogP contribution is 2.06. The molecule has 7 heteroatoms. The third-order valence-electron chi connectivity index (χ3n) is 1.60. The lowest BCUT2D eigenvalue weighted by atomic mass is 10.3. The number of carbonyl (C=O) groups excluding carboxylic acids is 2. The second-order valence-corrected chi connectivity index (χ2v) is 3.64. The van der Waals surface area contributed by atoms with E-state index in [2.05, 4.69) is 20.8 Å². The summed E-state index contributed by atoms with van der Waals surface area (Å²) in [5.74, 6) is -1.35. The molecule has 15 heavy (non-hydrogen) atoms. The Morgan fingerprint density at radius 2 is 2.27 bits per heavy atom. The van der Waals surface area contributed by atoms with E-state index in [9.17, 15) is 9.59 Å². The largest absolute Gasteiger partial charge is 0.348 e. The number of nitrogens with zero attached hydrogens (tertiary/aromatic N) is 2. The molecule has 0 aliphatic heterocycles. The van der Waals surface area contributed by atoms with Crippen molar-refractivity contribution in [3.8, 4) is 0 Å². The van der Waals surface area contributed by atoms with Crippen molar-refractivity contribution in [3.05, 3.63) is 5.51 Å². The van der Waals surface area contributed by atoms with Crippen LogP contribution in [0.2, 0.25) is 0 Å². The van der Waals surface area contributed by atoms with Crippen LogP contribution in [0.3, 0.4) is 0 Å². The molecule has 0 aliphatic rings. The van der Waals surface area contributed by atoms with Gasteiger partial charge in [0.2, 0.25) is 5.13 Å². The van der Waals surface area contributed by atoms with Crippen molar-refractivity contribution < 1.29 is 9.59 Å². The van der Waals surface area contributed by atoms with Gasteiger partial charge in [0.05, 0.1) is 0 Å². The normalized spacial score (nSPS) is 9.67. The predicted octanol–water partition coefficient (Wildman–Crippen LogP) is 0.393. The first-order valence-electron chi connectivity index (χ1n) is 4.59. The van der Waals surface area contributed by atoms with Gasteiger partial charge in [0.15, 0.2) is 0 Å². The maximum Gasteiger partial charge on any atom is 0.315 e. The zero-order valence-electron chi connectivity index (χ0n) is 8.32. The molecule has 6 nitrogen and oxygen atoms in total. The van der Waals surface area contributed by atoms with Crippen LogP contribution in [0.1, 0.15) is 19.8 Å². The molecule has 1 heterocycles. The SMILES string of the molecule is CCCCNC(=O)C(=O)Nc1nncs1. The molecular weight excluding hydrogens is 216 g/mol. The summed E-state index contributed by atoms with van der Waals surface area (Å²) in [5.41, 5.74) is 1.48. The molecule has 1 aromatic rings. The molecule has 0 atom stereocenters. The van der Waals surface area contributed by atoms with E-state index in [0.717, 1.165) is 24.2 Å². The lowest BCUT2D eigenvalue weighted by Crippen LogP contribution is -2.35. The minimum atomic E-state index is -0.706. The Bertz CT molecular complexity index is 325. The van der Waals surface area contributed by atoms with Crippen LogP contribution < -0.4 is 10.6 Å². The van der Waals surface area contributed by atoms with Gasteiger partial charge in [0, 0.05) is 6.54 Å². The smallest absolute Gasteiger partial charge is 0.315 e. The maximum atomic E-state index is 11.2. The van der Waals surface area contributed by atoms with Crippen LogP contribution in [0.25, 0.3) is 0 Å². The molecule has 0 bridgehead atoms. The van der Waals surface area contributed by atoms with E-state index in [1.165, 1.54) is 5.51 Å². The average Bonchev–Trinajstić information content (AvgIpc) is 2.70. The predicted molar refractivity (Wildman–Crippen MR) is 56.5 cm³/mol. The number of rotatable bonds is 4. The number of nitrogens with one attached hydrogen (secondary N) is 2. The summed E-state index contributed by atoms with van der Waals surface area (Å²) < 4.78 is 0. The molecule has 0 unspecified atom stereocenters. The fourth-order valence-electron chi connectivity index (χ4n) is 0.840. The first kappa shape index (κ1) is 11.6. The fraction of sp³-hybridized carbons (Fsp3) is 0.500. The maximum absolute atomic E-state index is 11.2. The first-order valence-corrected chi connectivity index (χ1v) is 5.47. The van der Waals surface area contributed by atoms with E-state index < -0.39 is 11.8 Å². The molecule has 1 rings (SSSR count). The van der Waals surface area contributed by atoms with Gasteiger partial charge in [-0.1, -0.05) is 24.7 Å². The van der Waals surface area contributed by atoms with Gasteiger partial charge >= 0.3 is 11.8 Å². The van der Waals surface area contributed by atoms with Gasteiger partial charge < -0.3 is 5.32 Å². The van der Waals surface area contributed by atoms with Crippen molar-refractivity contribution in [2.45, 2.75) is 19.8 Å². The highest BCUT2D eigenvalue weighted by molar-refractivity contribution is 7.13. The molecule has 82 valence electrons. The Labute approximate surface area is 91.1 Å². The highest BCUT2D eigenvalue weighted by Gasteiger charge is 2.13.